The molecule has 1 aromatic rings. The van der Waals surface area contributed by atoms with Gasteiger partial charge in [-0.05, 0) is 58.1 Å². The lowest BCUT2D eigenvalue weighted by Crippen LogP contribution is -2.45. The van der Waals surface area contributed by atoms with Gasteiger partial charge in [-0.25, -0.2) is 4.99 Å². The van der Waals surface area contributed by atoms with E-state index >= 15 is 0 Å². The Morgan fingerprint density at radius 3 is 2.59 bits per heavy atom. The average molecular weight is 557 g/mol. The topological polar surface area (TPSA) is 66.0 Å². The third-order valence-electron chi connectivity index (χ3n) is 5.97. The Kier molecular flexibility index (Phi) is 10.7. The predicted molar refractivity (Wildman–Crippen MR) is 141 cm³/mol. The van der Waals surface area contributed by atoms with Crippen LogP contribution < -0.4 is 10.6 Å². The summed E-state index contributed by atoms with van der Waals surface area (Å²) >= 11 is 0. The number of hydrogen-bond acceptors (Lipinski definition) is 3. The molecular formula is C25H41IN4O2. The van der Waals surface area contributed by atoms with Crippen LogP contribution in [-0.2, 0) is 22.7 Å². The summed E-state index contributed by atoms with van der Waals surface area (Å²) in [5.74, 6) is 1.44. The Hall–Kier alpha value is -1.35. The Bertz CT molecular complexity index is 757. The van der Waals surface area contributed by atoms with Gasteiger partial charge in [-0.1, -0.05) is 37.1 Å². The molecular weight excluding hydrogens is 515 g/mol. The molecule has 0 bridgehead atoms. The first kappa shape index (κ1) is 26.9. The normalized spacial score (nSPS) is 19.7. The lowest BCUT2D eigenvalue weighted by molar-refractivity contribution is -0.134. The number of carbonyl (C=O) groups is 1. The number of amides is 1. The molecule has 2 N–H and O–H groups in total. The number of rotatable bonds is 7. The zero-order valence-electron chi connectivity index (χ0n) is 20.2. The van der Waals surface area contributed by atoms with Crippen molar-refractivity contribution in [1.82, 2.24) is 15.5 Å². The van der Waals surface area contributed by atoms with E-state index in [2.05, 4.69) is 67.5 Å². The first-order valence-electron chi connectivity index (χ1n) is 11.9. The molecule has 7 heteroatoms. The van der Waals surface area contributed by atoms with Crippen molar-refractivity contribution >= 4 is 35.8 Å². The molecule has 3 rings (SSSR count). The summed E-state index contributed by atoms with van der Waals surface area (Å²) in [6.07, 6.45) is 5.51. The first-order chi connectivity index (χ1) is 14.8. The van der Waals surface area contributed by atoms with Gasteiger partial charge >= 0.3 is 0 Å². The molecule has 1 aliphatic carbocycles. The number of carbonyl (C=O) groups excluding carboxylic acids is 1. The van der Waals surface area contributed by atoms with Crippen molar-refractivity contribution < 1.29 is 9.53 Å². The maximum Gasteiger partial charge on any atom is 0.225 e. The monoisotopic (exact) mass is 556 g/mol. The molecule has 32 heavy (non-hydrogen) atoms. The van der Waals surface area contributed by atoms with Gasteiger partial charge in [0.1, 0.15) is 0 Å². The molecule has 1 unspecified atom stereocenters. The summed E-state index contributed by atoms with van der Waals surface area (Å²) < 4.78 is 5.90. The lowest BCUT2D eigenvalue weighted by atomic mass is 10.1. The van der Waals surface area contributed by atoms with E-state index in [0.717, 1.165) is 56.0 Å². The van der Waals surface area contributed by atoms with Crippen LogP contribution in [0.3, 0.4) is 0 Å². The fourth-order valence-electron chi connectivity index (χ4n) is 4.31. The van der Waals surface area contributed by atoms with Gasteiger partial charge in [0.2, 0.25) is 5.91 Å². The highest BCUT2D eigenvalue weighted by Crippen LogP contribution is 2.27. The number of aliphatic imine (C=N–C) groups is 1. The highest BCUT2D eigenvalue weighted by Gasteiger charge is 2.32. The van der Waals surface area contributed by atoms with Crippen molar-refractivity contribution in [3.8, 4) is 0 Å². The molecule has 1 amide bonds. The second-order valence-electron chi connectivity index (χ2n) is 9.81. The summed E-state index contributed by atoms with van der Waals surface area (Å²) in [5.41, 5.74) is 2.18. The molecule has 0 spiro atoms. The maximum absolute atomic E-state index is 12.7. The number of ether oxygens (including phenoxy) is 1. The number of nitrogens with zero attached hydrogens (tertiary/aromatic N) is 2. The molecule has 1 saturated heterocycles. The largest absolute Gasteiger partial charge is 0.371 e. The van der Waals surface area contributed by atoms with Crippen LogP contribution in [-0.4, -0.2) is 48.0 Å². The maximum atomic E-state index is 12.7. The minimum Gasteiger partial charge on any atom is -0.371 e. The summed E-state index contributed by atoms with van der Waals surface area (Å²) in [5, 5.41) is 6.89. The van der Waals surface area contributed by atoms with Gasteiger partial charge in [-0.3, -0.25) is 4.79 Å². The highest BCUT2D eigenvalue weighted by atomic mass is 127. The van der Waals surface area contributed by atoms with Crippen LogP contribution in [0.4, 0.5) is 0 Å². The SMILES string of the molecule is CCNC(=NCc1cccc(COC(C)(C)C)c1)NC1CCN(C(=O)C2CCCC2)C1.I. The summed E-state index contributed by atoms with van der Waals surface area (Å²) in [6.45, 7) is 11.9. The Labute approximate surface area is 211 Å². The van der Waals surface area contributed by atoms with Crippen LogP contribution in [0.15, 0.2) is 29.3 Å². The van der Waals surface area contributed by atoms with E-state index in [1.54, 1.807) is 0 Å². The molecule has 2 aliphatic rings. The van der Waals surface area contributed by atoms with Crippen molar-refractivity contribution in [3.63, 3.8) is 0 Å². The van der Waals surface area contributed by atoms with Gasteiger partial charge in [-0.2, -0.15) is 0 Å². The smallest absolute Gasteiger partial charge is 0.225 e. The third kappa shape index (κ3) is 8.54. The molecule has 1 aliphatic heterocycles. The van der Waals surface area contributed by atoms with E-state index in [-0.39, 0.29) is 41.5 Å². The fraction of sp³-hybridized carbons (Fsp3) is 0.680. The van der Waals surface area contributed by atoms with E-state index in [0.29, 0.717) is 19.1 Å². The van der Waals surface area contributed by atoms with Crippen LogP contribution in [0.2, 0.25) is 0 Å². The average Bonchev–Trinajstić information content (AvgIpc) is 3.42. The van der Waals surface area contributed by atoms with Crippen LogP contribution >= 0.6 is 24.0 Å². The minimum atomic E-state index is -0.148. The number of halogens is 1. The zero-order valence-corrected chi connectivity index (χ0v) is 22.5. The first-order valence-corrected chi connectivity index (χ1v) is 11.9. The molecule has 180 valence electrons. The minimum absolute atomic E-state index is 0. The molecule has 1 aromatic carbocycles. The van der Waals surface area contributed by atoms with Crippen molar-refractivity contribution in [1.29, 1.82) is 0 Å². The standard InChI is InChI=1S/C25H40N4O2.HI/c1-5-26-24(27-16-19-9-8-10-20(15-19)18-31-25(2,3)4)28-22-13-14-29(17-22)23(30)21-11-6-7-12-21;/h8-10,15,21-22H,5-7,11-14,16-18H2,1-4H3,(H2,26,27,28);1H. The molecule has 0 aromatic heterocycles. The van der Waals surface area contributed by atoms with Crippen LogP contribution in [0.5, 0.6) is 0 Å². The molecule has 1 saturated carbocycles. The molecule has 1 atom stereocenters. The molecule has 0 radical (unpaired) electrons. The van der Waals surface area contributed by atoms with E-state index in [1.807, 2.05) is 0 Å². The molecule has 1 heterocycles. The van der Waals surface area contributed by atoms with E-state index in [9.17, 15) is 4.79 Å². The van der Waals surface area contributed by atoms with Crippen molar-refractivity contribution in [2.24, 2.45) is 10.9 Å². The Morgan fingerprint density at radius 2 is 1.91 bits per heavy atom. The summed E-state index contributed by atoms with van der Waals surface area (Å²) in [6, 6.07) is 8.68. The van der Waals surface area contributed by atoms with E-state index in [4.69, 9.17) is 9.73 Å². The second-order valence-corrected chi connectivity index (χ2v) is 9.81. The Morgan fingerprint density at radius 1 is 1.19 bits per heavy atom. The van der Waals surface area contributed by atoms with Crippen LogP contribution in [0, 0.1) is 5.92 Å². The number of guanidine groups is 1. The predicted octanol–water partition coefficient (Wildman–Crippen LogP) is 4.47. The zero-order chi connectivity index (χ0) is 22.3. The number of hydrogen-bond donors (Lipinski definition) is 2. The quantitative estimate of drug-likeness (QED) is 0.296. The molecule has 2 fully saturated rings. The van der Waals surface area contributed by atoms with Crippen molar-refractivity contribution in [2.75, 3.05) is 19.6 Å². The van der Waals surface area contributed by atoms with E-state index < -0.39 is 0 Å². The second kappa shape index (κ2) is 12.8. The van der Waals surface area contributed by atoms with Gasteiger partial charge < -0.3 is 20.3 Å². The number of likely N-dealkylation sites (tertiary alicyclic amines) is 1. The third-order valence-corrected chi connectivity index (χ3v) is 5.97. The van der Waals surface area contributed by atoms with Gasteiger partial charge in [0.15, 0.2) is 5.96 Å². The van der Waals surface area contributed by atoms with Crippen molar-refractivity contribution in [2.45, 2.75) is 84.6 Å². The van der Waals surface area contributed by atoms with Crippen LogP contribution in [0.25, 0.3) is 0 Å². The summed E-state index contributed by atoms with van der Waals surface area (Å²) in [7, 11) is 0. The number of benzene rings is 1. The number of nitrogens with one attached hydrogen (secondary N) is 2. The Balaban J connectivity index is 0.00000363. The fourth-order valence-corrected chi connectivity index (χ4v) is 4.31. The van der Waals surface area contributed by atoms with Gasteiger partial charge in [0, 0.05) is 31.6 Å². The van der Waals surface area contributed by atoms with Crippen LogP contribution in [0.1, 0.15) is 70.9 Å². The van der Waals surface area contributed by atoms with Gasteiger partial charge in [0.25, 0.3) is 0 Å². The van der Waals surface area contributed by atoms with E-state index in [1.165, 1.54) is 12.8 Å². The lowest BCUT2D eigenvalue weighted by Gasteiger charge is -2.21. The molecule has 6 nitrogen and oxygen atoms in total. The highest BCUT2D eigenvalue weighted by molar-refractivity contribution is 14.0. The summed E-state index contributed by atoms with van der Waals surface area (Å²) in [4.78, 5) is 19.6. The van der Waals surface area contributed by atoms with Crippen molar-refractivity contribution in [3.05, 3.63) is 35.4 Å². The van der Waals surface area contributed by atoms with Gasteiger partial charge in [0.05, 0.1) is 18.8 Å². The van der Waals surface area contributed by atoms with Gasteiger partial charge in [-0.15, -0.1) is 24.0 Å².